The molecule has 31 heavy (non-hydrogen) atoms. The first kappa shape index (κ1) is 26.5. The zero-order valence-electron chi connectivity index (χ0n) is 14.4. The molecule has 0 bridgehead atoms. The third-order valence-corrected chi connectivity index (χ3v) is 15.1. The van der Waals surface area contributed by atoms with Crippen LogP contribution < -0.4 is 0 Å². The van der Waals surface area contributed by atoms with Crippen LogP contribution in [0.5, 0.6) is 0 Å². The van der Waals surface area contributed by atoms with Gasteiger partial charge < -0.3 is 0 Å². The molecular weight excluding hydrogens is 712 g/mol. The Hall–Kier alpha value is -0.740. The van der Waals surface area contributed by atoms with Crippen LogP contribution in [0.2, 0.25) is 0 Å². The topological polar surface area (TPSA) is 107 Å². The van der Waals surface area contributed by atoms with Crippen LogP contribution >= 0.6 is 40.9 Å². The average Bonchev–Trinajstić information content (AvgIpc) is 2.65. The van der Waals surface area contributed by atoms with E-state index in [1.54, 1.807) is 0 Å². The molecule has 0 aliphatic carbocycles. The van der Waals surface area contributed by atoms with E-state index in [0.29, 0.717) is 0 Å². The van der Waals surface area contributed by atoms with Crippen LogP contribution in [0.4, 0.5) is 26.3 Å². The van der Waals surface area contributed by atoms with Crippen LogP contribution in [0.3, 0.4) is 0 Å². The van der Waals surface area contributed by atoms with Gasteiger partial charge in [0.1, 0.15) is 0 Å². The zero-order chi connectivity index (χ0) is 23.7. The monoisotopic (exact) mass is 722 g/mol. The first-order valence-corrected chi connectivity index (χ1v) is 16.1. The Balaban J connectivity index is 2.37. The fourth-order valence-corrected chi connectivity index (χ4v) is 12.0. The molecular formula is C14H10F6I2O7S2. The van der Waals surface area contributed by atoms with E-state index < -0.39 is 72.1 Å². The summed E-state index contributed by atoms with van der Waals surface area (Å²) in [5, 5.41) is 0. The number of rotatable bonds is 7. The Bertz CT molecular complexity index is 1100. The SMILES string of the molecule is O=S(=O)(OI(O)c1ccc(I(OS(=O)(=O)C(F)(F)F)c2ccccc2)cc1)C(F)(F)F. The van der Waals surface area contributed by atoms with Gasteiger partial charge in [0.15, 0.2) is 0 Å². The predicted molar refractivity (Wildman–Crippen MR) is 111 cm³/mol. The minimum atomic E-state index is -6.05. The Labute approximate surface area is 188 Å². The molecule has 0 aliphatic heterocycles. The summed E-state index contributed by atoms with van der Waals surface area (Å²) in [5.74, 6) is 0. The van der Waals surface area contributed by atoms with Gasteiger partial charge in [0, 0.05) is 0 Å². The second kappa shape index (κ2) is 9.63. The van der Waals surface area contributed by atoms with E-state index in [1.807, 2.05) is 0 Å². The summed E-state index contributed by atoms with van der Waals surface area (Å²) < 4.78 is 138. The van der Waals surface area contributed by atoms with Gasteiger partial charge in [-0.05, 0) is 0 Å². The number of benzene rings is 2. The first-order chi connectivity index (χ1) is 14.1. The van der Waals surface area contributed by atoms with Crippen molar-refractivity contribution in [2.75, 3.05) is 0 Å². The molecule has 0 fully saturated rings. The van der Waals surface area contributed by atoms with Gasteiger partial charge in [-0.2, -0.15) is 0 Å². The van der Waals surface area contributed by atoms with E-state index in [1.165, 1.54) is 30.3 Å². The van der Waals surface area contributed by atoms with E-state index >= 15 is 0 Å². The number of hydrogen-bond donors (Lipinski definition) is 1. The van der Waals surface area contributed by atoms with Crippen molar-refractivity contribution in [3.63, 3.8) is 0 Å². The van der Waals surface area contributed by atoms with Gasteiger partial charge >= 0.3 is 189 Å². The quantitative estimate of drug-likeness (QED) is 0.257. The van der Waals surface area contributed by atoms with E-state index in [2.05, 4.69) is 5.03 Å². The summed E-state index contributed by atoms with van der Waals surface area (Å²) in [4.78, 5) is 0. The summed E-state index contributed by atoms with van der Waals surface area (Å²) in [6, 6.07) is 11.0. The predicted octanol–water partition coefficient (Wildman–Crippen LogP) is 4.38. The molecule has 2 aromatic carbocycles. The number of hydrogen-bond acceptors (Lipinski definition) is 7. The average molecular weight is 722 g/mol. The van der Waals surface area contributed by atoms with Gasteiger partial charge in [0.25, 0.3) is 0 Å². The van der Waals surface area contributed by atoms with Crippen molar-refractivity contribution >= 4 is 61.1 Å². The second-order valence-corrected chi connectivity index (χ2v) is 16.8. The van der Waals surface area contributed by atoms with Crippen molar-refractivity contribution in [1.82, 2.24) is 0 Å². The molecule has 0 radical (unpaired) electrons. The van der Waals surface area contributed by atoms with Gasteiger partial charge in [-0.15, -0.1) is 0 Å². The Morgan fingerprint density at radius 1 is 0.645 bits per heavy atom. The zero-order valence-corrected chi connectivity index (χ0v) is 20.4. The van der Waals surface area contributed by atoms with Crippen LogP contribution in [-0.4, -0.2) is 31.3 Å². The molecule has 7 nitrogen and oxygen atoms in total. The van der Waals surface area contributed by atoms with Crippen LogP contribution in [0.15, 0.2) is 54.6 Å². The molecule has 17 heteroatoms. The van der Waals surface area contributed by atoms with Crippen LogP contribution in [0.1, 0.15) is 0 Å². The van der Waals surface area contributed by atoms with Gasteiger partial charge in [-0.25, -0.2) is 0 Å². The standard InChI is InChI=1S/C14H10F6I2O7S2/c15-13(16,17)30(24,25)28-21(10-4-2-1-3-5-10)11-6-8-12(9-7-11)22(23)29-31(26,27)14(18,19)20/h1-9,23H. The third kappa shape index (κ3) is 6.63. The Morgan fingerprint density at radius 3 is 1.48 bits per heavy atom. The molecule has 2 rings (SSSR count). The molecule has 0 saturated heterocycles. The molecule has 1 N–H and O–H groups in total. The van der Waals surface area contributed by atoms with Crippen molar-refractivity contribution in [2.45, 2.75) is 11.0 Å². The molecule has 176 valence electrons. The molecule has 0 saturated carbocycles. The van der Waals surface area contributed by atoms with Crippen molar-refractivity contribution in [3.05, 3.63) is 65.3 Å². The fraction of sp³-hybridized carbons (Fsp3) is 0.143. The Morgan fingerprint density at radius 2 is 1.03 bits per heavy atom. The van der Waals surface area contributed by atoms with Crippen molar-refractivity contribution in [3.8, 4) is 0 Å². The van der Waals surface area contributed by atoms with E-state index in [4.69, 9.17) is 0 Å². The molecule has 0 atom stereocenters. The van der Waals surface area contributed by atoms with Crippen molar-refractivity contribution in [1.29, 1.82) is 0 Å². The van der Waals surface area contributed by atoms with Crippen LogP contribution in [-0.2, 0) is 25.3 Å². The van der Waals surface area contributed by atoms with Crippen molar-refractivity contribution in [2.24, 2.45) is 0 Å². The summed E-state index contributed by atoms with van der Waals surface area (Å²) >= 11 is -8.04. The maximum atomic E-state index is 12.8. The summed E-state index contributed by atoms with van der Waals surface area (Å²) in [6.45, 7) is 0. The van der Waals surface area contributed by atoms with E-state index in [-0.39, 0.29) is 10.7 Å². The van der Waals surface area contributed by atoms with Gasteiger partial charge in [-0.1, -0.05) is 0 Å². The van der Waals surface area contributed by atoms with Gasteiger partial charge in [-0.3, -0.25) is 0 Å². The Kier molecular flexibility index (Phi) is 8.24. The minimum absolute atomic E-state index is 0.0186. The number of alkyl halides is 6. The molecule has 0 heterocycles. The number of halogens is 8. The van der Waals surface area contributed by atoms with Gasteiger partial charge in [0.2, 0.25) is 0 Å². The van der Waals surface area contributed by atoms with Crippen LogP contribution in [0.25, 0.3) is 0 Å². The maximum absolute atomic E-state index is 12.8. The normalized spacial score (nSPS) is 14.3. The molecule has 0 amide bonds. The van der Waals surface area contributed by atoms with E-state index in [0.717, 1.165) is 24.3 Å². The summed E-state index contributed by atoms with van der Waals surface area (Å²) in [5.41, 5.74) is -11.4. The third-order valence-electron chi connectivity index (χ3n) is 2.98. The van der Waals surface area contributed by atoms with E-state index in [9.17, 15) is 46.6 Å². The fourth-order valence-electron chi connectivity index (χ4n) is 1.65. The summed E-state index contributed by atoms with van der Waals surface area (Å²) in [6.07, 6.45) is 0. The summed E-state index contributed by atoms with van der Waals surface area (Å²) in [7, 11) is -12.0. The van der Waals surface area contributed by atoms with Crippen LogP contribution in [0, 0.1) is 10.7 Å². The molecule has 0 aromatic heterocycles. The van der Waals surface area contributed by atoms with Crippen molar-refractivity contribution < 1.29 is 51.6 Å². The van der Waals surface area contributed by atoms with Gasteiger partial charge in [0.05, 0.1) is 0 Å². The molecule has 0 unspecified atom stereocenters. The second-order valence-electron chi connectivity index (χ2n) is 5.14. The molecule has 0 aliphatic rings. The molecule has 0 spiro atoms. The first-order valence-electron chi connectivity index (χ1n) is 7.32. The molecule has 2 aromatic rings.